The van der Waals surface area contributed by atoms with Crippen molar-refractivity contribution in [2.75, 3.05) is 24.5 Å². The van der Waals surface area contributed by atoms with Gasteiger partial charge in [-0.15, -0.1) is 0 Å². The van der Waals surface area contributed by atoms with E-state index in [2.05, 4.69) is 50.4 Å². The van der Waals surface area contributed by atoms with Crippen LogP contribution in [0.4, 0.5) is 5.69 Å². The van der Waals surface area contributed by atoms with E-state index in [1.807, 2.05) is 4.90 Å². The van der Waals surface area contributed by atoms with Gasteiger partial charge in [0.05, 0.1) is 0 Å². The smallest absolute Gasteiger partial charge is 0.228 e. The van der Waals surface area contributed by atoms with E-state index in [0.717, 1.165) is 25.3 Å². The zero-order chi connectivity index (χ0) is 13.2. The molecule has 3 nitrogen and oxygen atoms in total. The van der Waals surface area contributed by atoms with Gasteiger partial charge in [0.1, 0.15) is 0 Å². The van der Waals surface area contributed by atoms with E-state index in [1.165, 1.54) is 5.56 Å². The van der Waals surface area contributed by atoms with E-state index in [-0.39, 0.29) is 11.3 Å². The Bertz CT molecular complexity index is 417. The van der Waals surface area contributed by atoms with Gasteiger partial charge in [0.15, 0.2) is 0 Å². The fourth-order valence-electron chi connectivity index (χ4n) is 2.19. The number of hydrogen-bond donors (Lipinski definition) is 1. The molecule has 0 unspecified atom stereocenters. The van der Waals surface area contributed by atoms with Crippen LogP contribution in [-0.4, -0.2) is 25.5 Å². The van der Waals surface area contributed by atoms with Gasteiger partial charge >= 0.3 is 0 Å². The minimum absolute atomic E-state index is 0.156. The van der Waals surface area contributed by atoms with E-state index < -0.39 is 0 Å². The highest BCUT2D eigenvalue weighted by Gasteiger charge is 2.19. The van der Waals surface area contributed by atoms with E-state index >= 15 is 0 Å². The molecule has 1 heterocycles. The van der Waals surface area contributed by atoms with Crippen molar-refractivity contribution in [3.8, 4) is 0 Å². The second-order valence-corrected chi connectivity index (χ2v) is 5.84. The van der Waals surface area contributed by atoms with Crippen LogP contribution in [0.2, 0.25) is 0 Å². The lowest BCUT2D eigenvalue weighted by Crippen LogP contribution is -2.32. The molecule has 1 saturated heterocycles. The van der Waals surface area contributed by atoms with Gasteiger partial charge in [-0.25, -0.2) is 0 Å². The van der Waals surface area contributed by atoms with Crippen LogP contribution in [0.15, 0.2) is 24.3 Å². The molecular weight excluding hydrogens is 224 g/mol. The zero-order valence-corrected chi connectivity index (χ0v) is 11.5. The van der Waals surface area contributed by atoms with Crippen LogP contribution in [0.25, 0.3) is 0 Å². The molecule has 1 aliphatic heterocycles. The van der Waals surface area contributed by atoms with Crippen LogP contribution in [0, 0.1) is 0 Å². The SMILES string of the molecule is CC(C)(C)c1ccc(N2CCNCCC2=O)cc1. The number of carbonyl (C=O) groups excluding carboxylic acids is 1. The molecule has 0 bridgehead atoms. The molecule has 0 aliphatic carbocycles. The van der Waals surface area contributed by atoms with Gasteiger partial charge in [0, 0.05) is 31.7 Å². The molecule has 0 radical (unpaired) electrons. The van der Waals surface area contributed by atoms with Crippen molar-refractivity contribution in [2.24, 2.45) is 0 Å². The van der Waals surface area contributed by atoms with Crippen molar-refractivity contribution in [3.05, 3.63) is 29.8 Å². The van der Waals surface area contributed by atoms with Gasteiger partial charge in [-0.2, -0.15) is 0 Å². The molecule has 1 fully saturated rings. The van der Waals surface area contributed by atoms with Crippen LogP contribution in [0.5, 0.6) is 0 Å². The summed E-state index contributed by atoms with van der Waals surface area (Å²) in [6.07, 6.45) is 0.584. The first-order valence-corrected chi connectivity index (χ1v) is 6.60. The molecule has 3 heteroatoms. The predicted octanol–water partition coefficient (Wildman–Crippen LogP) is 2.31. The monoisotopic (exact) mass is 246 g/mol. The van der Waals surface area contributed by atoms with Gasteiger partial charge in [0.25, 0.3) is 0 Å². The minimum atomic E-state index is 0.156. The molecule has 1 aromatic rings. The third-order valence-corrected chi connectivity index (χ3v) is 3.37. The molecule has 2 rings (SSSR count). The average molecular weight is 246 g/mol. The number of carbonyl (C=O) groups is 1. The van der Waals surface area contributed by atoms with Crippen LogP contribution in [0.1, 0.15) is 32.8 Å². The Balaban J connectivity index is 2.20. The molecule has 18 heavy (non-hydrogen) atoms. The van der Waals surface area contributed by atoms with Crippen molar-refractivity contribution in [2.45, 2.75) is 32.6 Å². The number of benzene rings is 1. The summed E-state index contributed by atoms with van der Waals surface area (Å²) in [7, 11) is 0. The Morgan fingerprint density at radius 3 is 2.39 bits per heavy atom. The fraction of sp³-hybridized carbons (Fsp3) is 0.533. The van der Waals surface area contributed by atoms with Crippen molar-refractivity contribution < 1.29 is 4.79 Å². The fourth-order valence-corrected chi connectivity index (χ4v) is 2.19. The topological polar surface area (TPSA) is 32.3 Å². The number of anilines is 1. The lowest BCUT2D eigenvalue weighted by atomic mass is 9.87. The molecule has 1 amide bonds. The first-order valence-electron chi connectivity index (χ1n) is 6.60. The molecule has 1 N–H and O–H groups in total. The average Bonchev–Trinajstić information content (AvgIpc) is 2.53. The van der Waals surface area contributed by atoms with E-state index in [9.17, 15) is 4.79 Å². The third kappa shape index (κ3) is 2.91. The minimum Gasteiger partial charge on any atom is -0.314 e. The highest BCUT2D eigenvalue weighted by molar-refractivity contribution is 5.93. The van der Waals surface area contributed by atoms with E-state index in [1.54, 1.807) is 0 Å². The first-order chi connectivity index (χ1) is 8.48. The lowest BCUT2D eigenvalue weighted by Gasteiger charge is -2.23. The second-order valence-electron chi connectivity index (χ2n) is 5.84. The predicted molar refractivity (Wildman–Crippen MR) is 75.0 cm³/mol. The number of nitrogens with one attached hydrogen (secondary N) is 1. The maximum Gasteiger partial charge on any atom is 0.228 e. The molecule has 98 valence electrons. The highest BCUT2D eigenvalue weighted by Crippen LogP contribution is 2.25. The molecule has 0 saturated carbocycles. The lowest BCUT2D eigenvalue weighted by molar-refractivity contribution is -0.118. The molecule has 1 aliphatic rings. The van der Waals surface area contributed by atoms with Crippen molar-refractivity contribution in [1.82, 2.24) is 5.32 Å². The second kappa shape index (κ2) is 5.11. The zero-order valence-electron chi connectivity index (χ0n) is 11.5. The Morgan fingerprint density at radius 1 is 1.11 bits per heavy atom. The normalized spacial score (nSPS) is 17.7. The highest BCUT2D eigenvalue weighted by atomic mass is 16.2. The Kier molecular flexibility index (Phi) is 3.71. The van der Waals surface area contributed by atoms with Gasteiger partial charge in [-0.1, -0.05) is 32.9 Å². The van der Waals surface area contributed by atoms with Crippen LogP contribution in [0.3, 0.4) is 0 Å². The summed E-state index contributed by atoms with van der Waals surface area (Å²) in [4.78, 5) is 13.9. The molecule has 0 atom stereocenters. The van der Waals surface area contributed by atoms with Crippen molar-refractivity contribution in [1.29, 1.82) is 0 Å². The van der Waals surface area contributed by atoms with Gasteiger partial charge < -0.3 is 10.2 Å². The van der Waals surface area contributed by atoms with Crippen LogP contribution >= 0.6 is 0 Å². The summed E-state index contributed by atoms with van der Waals surface area (Å²) < 4.78 is 0. The molecule has 1 aromatic carbocycles. The van der Waals surface area contributed by atoms with E-state index in [4.69, 9.17) is 0 Å². The first kappa shape index (κ1) is 13.1. The quantitative estimate of drug-likeness (QED) is 0.824. The summed E-state index contributed by atoms with van der Waals surface area (Å²) in [6.45, 7) is 9.00. The maximum absolute atomic E-state index is 12.0. The van der Waals surface area contributed by atoms with Crippen molar-refractivity contribution in [3.63, 3.8) is 0 Å². The van der Waals surface area contributed by atoms with Gasteiger partial charge in [-0.3, -0.25) is 4.79 Å². The summed E-state index contributed by atoms with van der Waals surface area (Å²) in [5.41, 5.74) is 2.46. The summed E-state index contributed by atoms with van der Waals surface area (Å²) in [6, 6.07) is 8.37. The molecule has 0 aromatic heterocycles. The Hall–Kier alpha value is -1.35. The summed E-state index contributed by atoms with van der Waals surface area (Å²) in [5, 5.41) is 3.25. The third-order valence-electron chi connectivity index (χ3n) is 3.37. The molecular formula is C15H22N2O. The Labute approximate surface area is 109 Å². The number of amides is 1. The summed E-state index contributed by atoms with van der Waals surface area (Å²) in [5.74, 6) is 0.212. The number of hydrogen-bond acceptors (Lipinski definition) is 2. The van der Waals surface area contributed by atoms with Crippen molar-refractivity contribution >= 4 is 11.6 Å². The maximum atomic E-state index is 12.0. The van der Waals surface area contributed by atoms with Crippen LogP contribution in [-0.2, 0) is 10.2 Å². The number of rotatable bonds is 1. The van der Waals surface area contributed by atoms with Gasteiger partial charge in [0.2, 0.25) is 5.91 Å². The standard InChI is InChI=1S/C15H22N2O/c1-15(2,3)12-4-6-13(7-5-12)17-11-10-16-9-8-14(17)18/h4-7,16H,8-11H2,1-3H3. The van der Waals surface area contributed by atoms with Crippen LogP contribution < -0.4 is 10.2 Å². The Morgan fingerprint density at radius 2 is 1.78 bits per heavy atom. The largest absolute Gasteiger partial charge is 0.314 e. The summed E-state index contributed by atoms with van der Waals surface area (Å²) >= 11 is 0. The number of nitrogens with zero attached hydrogens (tertiary/aromatic N) is 1. The molecule has 0 spiro atoms. The van der Waals surface area contributed by atoms with E-state index in [0.29, 0.717) is 6.42 Å². The van der Waals surface area contributed by atoms with Gasteiger partial charge in [-0.05, 0) is 23.1 Å².